The van der Waals surface area contributed by atoms with Crippen molar-refractivity contribution >= 4 is 45.2 Å². The van der Waals surface area contributed by atoms with E-state index in [9.17, 15) is 9.59 Å². The Labute approximate surface area is 168 Å². The number of rotatable bonds is 6. The molecule has 0 spiro atoms. The topological polar surface area (TPSA) is 99.8 Å². The molecule has 138 valence electrons. The molecule has 27 heavy (non-hydrogen) atoms. The number of hydrogen-bond donors (Lipinski definition) is 3. The summed E-state index contributed by atoms with van der Waals surface area (Å²) in [6.07, 6.45) is 4.08. The molecule has 0 radical (unpaired) electrons. The average molecular weight is 449 g/mol. The number of nitrogens with one attached hydrogen (secondary N) is 3. The van der Waals surface area contributed by atoms with Crippen LogP contribution in [0.5, 0.6) is 0 Å². The van der Waals surface area contributed by atoms with Crippen molar-refractivity contribution in [3.05, 3.63) is 75.1 Å². The molecule has 0 unspecified atom stereocenters. The summed E-state index contributed by atoms with van der Waals surface area (Å²) < 4.78 is 0.365. The molecule has 0 saturated heterocycles. The molecule has 0 aliphatic heterocycles. The van der Waals surface area contributed by atoms with Crippen LogP contribution in [0.2, 0.25) is 5.02 Å². The second-order valence-electron chi connectivity index (χ2n) is 5.56. The van der Waals surface area contributed by atoms with Gasteiger partial charge in [-0.05, 0) is 52.2 Å². The summed E-state index contributed by atoms with van der Waals surface area (Å²) >= 11 is 9.32. The van der Waals surface area contributed by atoms with Crippen LogP contribution in [0.4, 0.5) is 5.82 Å². The number of aromatic nitrogens is 3. The van der Waals surface area contributed by atoms with Crippen LogP contribution in [0.15, 0.2) is 53.3 Å². The van der Waals surface area contributed by atoms with Crippen LogP contribution in [0.25, 0.3) is 0 Å². The molecule has 2 amide bonds. The van der Waals surface area contributed by atoms with E-state index in [1.54, 1.807) is 36.7 Å². The second-order valence-corrected chi connectivity index (χ2v) is 6.76. The number of benzene rings is 1. The summed E-state index contributed by atoms with van der Waals surface area (Å²) in [6.45, 7) is 0.448. The van der Waals surface area contributed by atoms with E-state index in [4.69, 9.17) is 11.6 Å². The SMILES string of the molecule is O=C(Nc1[nH]nc(C(=O)NCCc2ccncc2)c1Br)c1ccccc1Cl. The first kappa shape index (κ1) is 19.1. The molecule has 0 atom stereocenters. The highest BCUT2D eigenvalue weighted by Crippen LogP contribution is 2.25. The Balaban J connectivity index is 1.61. The molecule has 0 fully saturated rings. The molecule has 3 rings (SSSR count). The summed E-state index contributed by atoms with van der Waals surface area (Å²) in [5.74, 6) is -0.487. The molecule has 9 heteroatoms. The minimum Gasteiger partial charge on any atom is -0.350 e. The molecular formula is C18H15BrClN5O2. The highest BCUT2D eigenvalue weighted by molar-refractivity contribution is 9.10. The smallest absolute Gasteiger partial charge is 0.273 e. The lowest BCUT2D eigenvalue weighted by atomic mass is 10.2. The molecule has 7 nitrogen and oxygen atoms in total. The zero-order chi connectivity index (χ0) is 19.2. The number of nitrogens with zero attached hydrogens (tertiary/aromatic N) is 2. The van der Waals surface area contributed by atoms with Crippen molar-refractivity contribution in [1.82, 2.24) is 20.5 Å². The standard InChI is InChI=1S/C18H15BrClN5O2/c19-14-15(18(27)22-10-7-11-5-8-21-9-6-11)24-25-16(14)23-17(26)12-3-1-2-4-13(12)20/h1-6,8-9H,7,10H2,(H,22,27)(H2,23,24,25,26). The molecule has 0 bridgehead atoms. The lowest BCUT2D eigenvalue weighted by molar-refractivity contribution is 0.0947. The third-order valence-electron chi connectivity index (χ3n) is 3.73. The van der Waals surface area contributed by atoms with E-state index in [0.29, 0.717) is 28.0 Å². The fourth-order valence-corrected chi connectivity index (χ4v) is 3.02. The van der Waals surface area contributed by atoms with Crippen molar-refractivity contribution in [3.8, 4) is 0 Å². The van der Waals surface area contributed by atoms with Crippen molar-refractivity contribution in [3.63, 3.8) is 0 Å². The third kappa shape index (κ3) is 4.72. The number of H-pyrrole nitrogens is 1. The lowest BCUT2D eigenvalue weighted by Gasteiger charge is -2.05. The Morgan fingerprint density at radius 1 is 1.11 bits per heavy atom. The van der Waals surface area contributed by atoms with Crippen LogP contribution in [0.3, 0.4) is 0 Å². The maximum Gasteiger partial charge on any atom is 0.273 e. The number of aromatic amines is 1. The highest BCUT2D eigenvalue weighted by atomic mass is 79.9. The van der Waals surface area contributed by atoms with Gasteiger partial charge in [-0.2, -0.15) is 5.10 Å². The van der Waals surface area contributed by atoms with Crippen LogP contribution >= 0.6 is 27.5 Å². The predicted octanol–water partition coefficient (Wildman–Crippen LogP) is 3.45. The Hall–Kier alpha value is -2.71. The van der Waals surface area contributed by atoms with Crippen LogP contribution < -0.4 is 10.6 Å². The maximum atomic E-state index is 12.3. The monoisotopic (exact) mass is 447 g/mol. The van der Waals surface area contributed by atoms with E-state index in [-0.39, 0.29) is 17.4 Å². The van der Waals surface area contributed by atoms with Gasteiger partial charge in [-0.15, -0.1) is 0 Å². The van der Waals surface area contributed by atoms with E-state index in [1.165, 1.54) is 0 Å². The molecule has 3 aromatic rings. The number of amides is 2. The van der Waals surface area contributed by atoms with Gasteiger partial charge in [0.2, 0.25) is 0 Å². The van der Waals surface area contributed by atoms with Gasteiger partial charge < -0.3 is 10.6 Å². The number of anilines is 1. The Kier molecular flexibility index (Phi) is 6.20. The van der Waals surface area contributed by atoms with Gasteiger partial charge >= 0.3 is 0 Å². The normalized spacial score (nSPS) is 10.4. The summed E-state index contributed by atoms with van der Waals surface area (Å²) in [6, 6.07) is 10.5. The minimum absolute atomic E-state index is 0.152. The second kappa shape index (κ2) is 8.79. The van der Waals surface area contributed by atoms with E-state index < -0.39 is 5.91 Å². The van der Waals surface area contributed by atoms with E-state index >= 15 is 0 Å². The maximum absolute atomic E-state index is 12.3. The zero-order valence-corrected chi connectivity index (χ0v) is 16.3. The number of carbonyl (C=O) groups excluding carboxylic acids is 2. The number of carbonyl (C=O) groups is 2. The molecule has 2 heterocycles. The Morgan fingerprint density at radius 3 is 2.59 bits per heavy atom. The fraction of sp³-hybridized carbons (Fsp3) is 0.111. The molecule has 2 aromatic heterocycles. The van der Waals surface area contributed by atoms with Crippen molar-refractivity contribution in [1.29, 1.82) is 0 Å². The van der Waals surface area contributed by atoms with Crippen molar-refractivity contribution in [2.75, 3.05) is 11.9 Å². The van der Waals surface area contributed by atoms with Crippen molar-refractivity contribution in [2.45, 2.75) is 6.42 Å². The van der Waals surface area contributed by atoms with Gasteiger partial charge in [0, 0.05) is 18.9 Å². The van der Waals surface area contributed by atoms with E-state index in [0.717, 1.165) is 5.56 Å². The summed E-state index contributed by atoms with van der Waals surface area (Å²) in [5, 5.41) is 12.4. The van der Waals surface area contributed by atoms with Crippen LogP contribution in [-0.2, 0) is 6.42 Å². The molecule has 0 aliphatic carbocycles. The fourth-order valence-electron chi connectivity index (χ4n) is 2.34. The summed E-state index contributed by atoms with van der Waals surface area (Å²) in [7, 11) is 0. The minimum atomic E-state index is -0.408. The first-order chi connectivity index (χ1) is 13.1. The van der Waals surface area contributed by atoms with Gasteiger partial charge in [0.15, 0.2) is 5.69 Å². The van der Waals surface area contributed by atoms with Crippen molar-refractivity contribution in [2.24, 2.45) is 0 Å². The predicted molar refractivity (Wildman–Crippen MR) is 106 cm³/mol. The van der Waals surface area contributed by atoms with Crippen LogP contribution in [0.1, 0.15) is 26.4 Å². The largest absolute Gasteiger partial charge is 0.350 e. The average Bonchev–Trinajstić information content (AvgIpc) is 3.03. The molecule has 1 aromatic carbocycles. The van der Waals surface area contributed by atoms with Gasteiger partial charge in [0.25, 0.3) is 11.8 Å². The van der Waals surface area contributed by atoms with E-state index in [1.807, 2.05) is 12.1 Å². The Bertz CT molecular complexity index is 961. The van der Waals surface area contributed by atoms with Gasteiger partial charge in [-0.3, -0.25) is 19.7 Å². The summed E-state index contributed by atoms with van der Waals surface area (Å²) in [5.41, 5.74) is 1.54. The van der Waals surface area contributed by atoms with E-state index in [2.05, 4.69) is 41.7 Å². The first-order valence-electron chi connectivity index (χ1n) is 8.03. The number of hydrogen-bond acceptors (Lipinski definition) is 4. The zero-order valence-electron chi connectivity index (χ0n) is 14.0. The quantitative estimate of drug-likeness (QED) is 0.538. The molecule has 3 N–H and O–H groups in total. The third-order valence-corrected chi connectivity index (χ3v) is 4.83. The lowest BCUT2D eigenvalue weighted by Crippen LogP contribution is -2.26. The first-order valence-corrected chi connectivity index (χ1v) is 9.20. The van der Waals surface area contributed by atoms with Gasteiger partial charge in [0.05, 0.1) is 15.1 Å². The molecular weight excluding hydrogens is 434 g/mol. The Morgan fingerprint density at radius 2 is 1.85 bits per heavy atom. The molecule has 0 aliphatic rings. The number of pyridine rings is 1. The van der Waals surface area contributed by atoms with Gasteiger partial charge in [-0.25, -0.2) is 0 Å². The van der Waals surface area contributed by atoms with Crippen LogP contribution in [0, 0.1) is 0 Å². The summed E-state index contributed by atoms with van der Waals surface area (Å²) in [4.78, 5) is 28.6. The highest BCUT2D eigenvalue weighted by Gasteiger charge is 2.20. The molecule has 0 saturated carbocycles. The number of halogens is 2. The van der Waals surface area contributed by atoms with Gasteiger partial charge in [-0.1, -0.05) is 23.7 Å². The van der Waals surface area contributed by atoms with Crippen LogP contribution in [-0.4, -0.2) is 33.5 Å². The van der Waals surface area contributed by atoms with Crippen molar-refractivity contribution < 1.29 is 9.59 Å². The van der Waals surface area contributed by atoms with Gasteiger partial charge in [0.1, 0.15) is 5.82 Å².